The zero-order valence-electron chi connectivity index (χ0n) is 6.14. The number of hydrogen-bond acceptors (Lipinski definition) is 2. The molecule has 4 nitrogen and oxygen atoms in total. The molecule has 0 radical (unpaired) electrons. The van der Waals surface area contributed by atoms with Crippen LogP contribution in [-0.2, 0) is 0 Å². The zero-order chi connectivity index (χ0) is 8.39. The normalized spacial score (nSPS) is 9.67. The van der Waals surface area contributed by atoms with Gasteiger partial charge in [-0.1, -0.05) is 23.3 Å². The van der Waals surface area contributed by atoms with Crippen LogP contribution >= 0.6 is 0 Å². The minimum Gasteiger partial charge on any atom is -0.464 e. The molecular formula is C8H5N3O. The molecule has 4 heteroatoms. The average Bonchev–Trinajstić information content (AvgIpc) is 2.50. The molecule has 1 aromatic carbocycles. The Morgan fingerprint density at radius 2 is 2.17 bits per heavy atom. The van der Waals surface area contributed by atoms with E-state index >= 15 is 0 Å². The van der Waals surface area contributed by atoms with Crippen LogP contribution in [0.15, 0.2) is 40.1 Å². The Labute approximate surface area is 68.0 Å². The second kappa shape index (κ2) is 2.60. The maximum absolute atomic E-state index is 8.21. The molecule has 0 fully saturated rings. The molecule has 0 N–H and O–H groups in total. The molecule has 0 atom stereocenters. The monoisotopic (exact) mass is 159 g/mol. The van der Waals surface area contributed by atoms with Crippen molar-refractivity contribution in [2.24, 2.45) is 5.11 Å². The van der Waals surface area contributed by atoms with Crippen molar-refractivity contribution in [2.45, 2.75) is 0 Å². The van der Waals surface area contributed by atoms with Crippen LogP contribution in [0.4, 0.5) is 5.69 Å². The quantitative estimate of drug-likeness (QED) is 0.357. The van der Waals surface area contributed by atoms with Crippen LogP contribution < -0.4 is 0 Å². The Morgan fingerprint density at radius 1 is 1.33 bits per heavy atom. The molecule has 0 aliphatic heterocycles. The van der Waals surface area contributed by atoms with Crippen LogP contribution in [0.1, 0.15) is 0 Å². The van der Waals surface area contributed by atoms with Gasteiger partial charge in [0.2, 0.25) is 0 Å². The van der Waals surface area contributed by atoms with Gasteiger partial charge in [0, 0.05) is 10.3 Å². The number of nitrogens with zero attached hydrogens (tertiary/aromatic N) is 3. The number of benzene rings is 1. The number of para-hydroxylation sites is 1. The summed E-state index contributed by atoms with van der Waals surface area (Å²) in [5.74, 6) is 0. The van der Waals surface area contributed by atoms with E-state index in [1.807, 2.05) is 24.3 Å². The van der Waals surface area contributed by atoms with E-state index in [2.05, 4.69) is 10.0 Å². The standard InChI is InChI=1S/C8H5N3O/c9-11-10-7-5-12-8-4-2-1-3-6(7)8/h1-5H. The van der Waals surface area contributed by atoms with Crippen molar-refractivity contribution in [1.29, 1.82) is 0 Å². The molecule has 0 unspecified atom stereocenters. The van der Waals surface area contributed by atoms with Crippen molar-refractivity contribution in [3.05, 3.63) is 41.0 Å². The number of azide groups is 1. The van der Waals surface area contributed by atoms with Gasteiger partial charge >= 0.3 is 0 Å². The third-order valence-corrected chi connectivity index (χ3v) is 1.61. The van der Waals surface area contributed by atoms with Crippen LogP contribution in [0.5, 0.6) is 0 Å². The van der Waals surface area contributed by atoms with Crippen LogP contribution in [0.25, 0.3) is 21.4 Å². The van der Waals surface area contributed by atoms with Crippen LogP contribution in [0.3, 0.4) is 0 Å². The highest BCUT2D eigenvalue weighted by molar-refractivity contribution is 5.88. The van der Waals surface area contributed by atoms with Crippen molar-refractivity contribution in [3.63, 3.8) is 0 Å². The molecule has 1 heterocycles. The fourth-order valence-electron chi connectivity index (χ4n) is 1.09. The van der Waals surface area contributed by atoms with Gasteiger partial charge in [0.15, 0.2) is 0 Å². The van der Waals surface area contributed by atoms with Gasteiger partial charge in [-0.15, -0.1) is 0 Å². The highest BCUT2D eigenvalue weighted by Gasteiger charge is 2.00. The van der Waals surface area contributed by atoms with Crippen molar-refractivity contribution < 1.29 is 4.42 Å². The summed E-state index contributed by atoms with van der Waals surface area (Å²) in [4.78, 5) is 2.69. The highest BCUT2D eigenvalue weighted by Crippen LogP contribution is 2.27. The number of rotatable bonds is 1. The lowest BCUT2D eigenvalue weighted by molar-refractivity contribution is 0.616. The Balaban J connectivity index is 2.78. The molecule has 0 amide bonds. The van der Waals surface area contributed by atoms with Crippen molar-refractivity contribution in [3.8, 4) is 0 Å². The summed E-state index contributed by atoms with van der Waals surface area (Å²) < 4.78 is 5.14. The third kappa shape index (κ3) is 0.909. The Bertz CT molecular complexity index is 454. The van der Waals surface area contributed by atoms with E-state index in [0.717, 1.165) is 11.0 Å². The minimum absolute atomic E-state index is 0.535. The first-order chi connectivity index (χ1) is 5.92. The van der Waals surface area contributed by atoms with Crippen LogP contribution in [0, 0.1) is 0 Å². The van der Waals surface area contributed by atoms with Gasteiger partial charge in [0.05, 0.1) is 5.69 Å². The first-order valence-corrected chi connectivity index (χ1v) is 3.43. The Kier molecular flexibility index (Phi) is 1.47. The lowest BCUT2D eigenvalue weighted by Crippen LogP contribution is -1.60. The SMILES string of the molecule is [N-]=[N+]=Nc1coc2ccccc12. The van der Waals surface area contributed by atoms with Gasteiger partial charge in [0.1, 0.15) is 11.8 Å². The fraction of sp³-hybridized carbons (Fsp3) is 0. The summed E-state index contributed by atoms with van der Waals surface area (Å²) in [6.07, 6.45) is 1.45. The minimum atomic E-state index is 0.535. The maximum atomic E-state index is 8.21. The molecule has 1 aromatic heterocycles. The first-order valence-electron chi connectivity index (χ1n) is 3.43. The van der Waals surface area contributed by atoms with Crippen molar-refractivity contribution >= 4 is 16.7 Å². The van der Waals surface area contributed by atoms with Gasteiger partial charge < -0.3 is 4.42 Å². The predicted octanol–water partition coefficient (Wildman–Crippen LogP) is 3.37. The molecule has 12 heavy (non-hydrogen) atoms. The van der Waals surface area contributed by atoms with E-state index in [1.165, 1.54) is 6.26 Å². The maximum Gasteiger partial charge on any atom is 0.134 e. The van der Waals surface area contributed by atoms with Gasteiger partial charge in [0.25, 0.3) is 0 Å². The molecular weight excluding hydrogens is 154 g/mol. The summed E-state index contributed by atoms with van der Waals surface area (Å²) in [6.45, 7) is 0. The second-order valence-corrected chi connectivity index (χ2v) is 2.31. The number of fused-ring (bicyclic) bond motifs is 1. The molecule has 0 aliphatic carbocycles. The lowest BCUT2D eigenvalue weighted by Gasteiger charge is -1.85. The van der Waals surface area contributed by atoms with E-state index in [4.69, 9.17) is 9.95 Å². The molecule has 58 valence electrons. The topological polar surface area (TPSA) is 61.9 Å². The van der Waals surface area contributed by atoms with E-state index in [-0.39, 0.29) is 0 Å². The largest absolute Gasteiger partial charge is 0.464 e. The lowest BCUT2D eigenvalue weighted by atomic mass is 10.2. The number of furan rings is 1. The van der Waals surface area contributed by atoms with E-state index in [1.54, 1.807) is 0 Å². The van der Waals surface area contributed by atoms with Crippen molar-refractivity contribution in [2.75, 3.05) is 0 Å². The molecule has 0 bridgehead atoms. The van der Waals surface area contributed by atoms with Gasteiger partial charge in [-0.05, 0) is 11.6 Å². The van der Waals surface area contributed by atoms with Crippen LogP contribution in [-0.4, -0.2) is 0 Å². The molecule has 0 saturated heterocycles. The highest BCUT2D eigenvalue weighted by atomic mass is 16.3. The third-order valence-electron chi connectivity index (χ3n) is 1.61. The van der Waals surface area contributed by atoms with Gasteiger partial charge in [-0.2, -0.15) is 0 Å². The summed E-state index contributed by atoms with van der Waals surface area (Å²) in [5.41, 5.74) is 9.49. The summed E-state index contributed by atoms with van der Waals surface area (Å²) >= 11 is 0. The molecule has 2 rings (SSSR count). The Hall–Kier alpha value is -1.93. The van der Waals surface area contributed by atoms with E-state index < -0.39 is 0 Å². The average molecular weight is 159 g/mol. The Morgan fingerprint density at radius 3 is 3.00 bits per heavy atom. The van der Waals surface area contributed by atoms with Crippen molar-refractivity contribution in [1.82, 2.24) is 0 Å². The van der Waals surface area contributed by atoms with Gasteiger partial charge in [-0.25, -0.2) is 0 Å². The first kappa shape index (κ1) is 6.76. The van der Waals surface area contributed by atoms with E-state index in [9.17, 15) is 0 Å². The second-order valence-electron chi connectivity index (χ2n) is 2.31. The van der Waals surface area contributed by atoms with E-state index in [0.29, 0.717) is 5.69 Å². The number of hydrogen-bond donors (Lipinski definition) is 0. The van der Waals surface area contributed by atoms with Gasteiger partial charge in [-0.3, -0.25) is 0 Å². The molecule has 2 aromatic rings. The molecule has 0 spiro atoms. The zero-order valence-corrected chi connectivity index (χ0v) is 6.14. The summed E-state index contributed by atoms with van der Waals surface area (Å²) in [5, 5.41) is 4.32. The summed E-state index contributed by atoms with van der Waals surface area (Å²) in [6, 6.07) is 7.41. The fourth-order valence-corrected chi connectivity index (χ4v) is 1.09. The summed E-state index contributed by atoms with van der Waals surface area (Å²) in [7, 11) is 0. The molecule has 0 saturated carbocycles. The predicted molar refractivity (Wildman–Crippen MR) is 45.0 cm³/mol. The smallest absolute Gasteiger partial charge is 0.134 e. The van der Waals surface area contributed by atoms with Crippen LogP contribution in [0.2, 0.25) is 0 Å². The molecule has 0 aliphatic rings.